The number of likely N-dealkylation sites (N-methyl/N-ethyl adjacent to an activating group) is 1. The Kier molecular flexibility index (Phi) is 6.03. The Morgan fingerprint density at radius 2 is 2.19 bits per heavy atom. The van der Waals surface area contributed by atoms with Crippen LogP contribution in [0.3, 0.4) is 0 Å². The van der Waals surface area contributed by atoms with Crippen molar-refractivity contribution in [1.82, 2.24) is 10.2 Å². The molecule has 1 aromatic carbocycles. The Morgan fingerprint density at radius 3 is 2.86 bits per heavy atom. The van der Waals surface area contributed by atoms with Crippen molar-refractivity contribution < 1.29 is 9.47 Å². The van der Waals surface area contributed by atoms with Crippen LogP contribution in [0, 0.1) is 5.92 Å². The van der Waals surface area contributed by atoms with Gasteiger partial charge < -0.3 is 14.8 Å². The molecule has 0 aliphatic carbocycles. The van der Waals surface area contributed by atoms with Gasteiger partial charge >= 0.3 is 0 Å². The van der Waals surface area contributed by atoms with E-state index in [-0.39, 0.29) is 0 Å². The highest BCUT2D eigenvalue weighted by Gasteiger charge is 2.27. The Morgan fingerprint density at radius 1 is 1.38 bits per heavy atom. The number of benzene rings is 1. The standard InChI is InChI=1S/C17H28N2O2/c1-13-8-9-19(12-17(13)21-4)11-16(18-2)14-6-5-7-15(10-14)20-3/h5-7,10,13,16-18H,8-9,11-12H2,1-4H3. The van der Waals surface area contributed by atoms with Crippen LogP contribution in [-0.4, -0.2) is 51.9 Å². The van der Waals surface area contributed by atoms with Crippen molar-refractivity contribution in [3.63, 3.8) is 0 Å². The van der Waals surface area contributed by atoms with Crippen LogP contribution in [0.15, 0.2) is 24.3 Å². The van der Waals surface area contributed by atoms with Crippen LogP contribution in [0.5, 0.6) is 5.75 Å². The highest BCUT2D eigenvalue weighted by Crippen LogP contribution is 2.24. The Hall–Kier alpha value is -1.10. The zero-order chi connectivity index (χ0) is 15.2. The zero-order valence-electron chi connectivity index (χ0n) is 13.6. The first-order valence-corrected chi connectivity index (χ1v) is 7.74. The monoisotopic (exact) mass is 292 g/mol. The number of likely N-dealkylation sites (tertiary alicyclic amines) is 1. The quantitative estimate of drug-likeness (QED) is 0.872. The molecular formula is C17H28N2O2. The van der Waals surface area contributed by atoms with Crippen LogP contribution in [0.25, 0.3) is 0 Å². The second kappa shape index (κ2) is 7.78. The summed E-state index contributed by atoms with van der Waals surface area (Å²) in [5, 5.41) is 3.42. The first-order chi connectivity index (χ1) is 10.2. The minimum Gasteiger partial charge on any atom is -0.497 e. The van der Waals surface area contributed by atoms with Gasteiger partial charge in [0.05, 0.1) is 13.2 Å². The van der Waals surface area contributed by atoms with Gasteiger partial charge in [0.15, 0.2) is 0 Å². The topological polar surface area (TPSA) is 33.7 Å². The third-order valence-corrected chi connectivity index (χ3v) is 4.56. The Balaban J connectivity index is 2.01. The van der Waals surface area contributed by atoms with E-state index in [2.05, 4.69) is 35.3 Å². The lowest BCUT2D eigenvalue weighted by Crippen LogP contribution is -2.46. The molecule has 1 aliphatic heterocycles. The van der Waals surface area contributed by atoms with Crippen molar-refractivity contribution in [1.29, 1.82) is 0 Å². The number of hydrogen-bond donors (Lipinski definition) is 1. The summed E-state index contributed by atoms with van der Waals surface area (Å²) in [6, 6.07) is 8.62. The van der Waals surface area contributed by atoms with Gasteiger partial charge in [-0.2, -0.15) is 0 Å². The van der Waals surface area contributed by atoms with Gasteiger partial charge in [-0.25, -0.2) is 0 Å². The first-order valence-electron chi connectivity index (χ1n) is 7.74. The summed E-state index contributed by atoms with van der Waals surface area (Å²) in [4.78, 5) is 2.49. The molecule has 0 bridgehead atoms. The number of piperidine rings is 1. The number of methoxy groups -OCH3 is 2. The van der Waals surface area contributed by atoms with E-state index in [0.29, 0.717) is 18.1 Å². The second-order valence-electron chi connectivity index (χ2n) is 5.92. The SMILES string of the molecule is CNC(CN1CCC(C)C(OC)C1)c1cccc(OC)c1. The van der Waals surface area contributed by atoms with E-state index in [9.17, 15) is 0 Å². The molecule has 0 aromatic heterocycles. The molecule has 4 nitrogen and oxygen atoms in total. The molecule has 0 amide bonds. The van der Waals surface area contributed by atoms with Gasteiger partial charge in [-0.15, -0.1) is 0 Å². The van der Waals surface area contributed by atoms with Crippen molar-refractivity contribution in [3.8, 4) is 5.75 Å². The van der Waals surface area contributed by atoms with Gasteiger partial charge in [0.2, 0.25) is 0 Å². The van der Waals surface area contributed by atoms with Gasteiger partial charge in [0.25, 0.3) is 0 Å². The molecule has 1 aromatic rings. The molecular weight excluding hydrogens is 264 g/mol. The smallest absolute Gasteiger partial charge is 0.119 e. The molecule has 0 saturated carbocycles. The van der Waals surface area contributed by atoms with E-state index < -0.39 is 0 Å². The van der Waals surface area contributed by atoms with Crippen molar-refractivity contribution in [2.75, 3.05) is 40.9 Å². The van der Waals surface area contributed by atoms with Crippen LogP contribution in [0.1, 0.15) is 24.9 Å². The largest absolute Gasteiger partial charge is 0.497 e. The summed E-state index contributed by atoms with van der Waals surface area (Å²) in [6.45, 7) is 5.43. The predicted octanol–water partition coefficient (Wildman–Crippen LogP) is 2.31. The fourth-order valence-electron chi connectivity index (χ4n) is 3.05. The third kappa shape index (κ3) is 4.19. The van der Waals surface area contributed by atoms with Gasteiger partial charge in [-0.05, 0) is 43.6 Å². The van der Waals surface area contributed by atoms with Crippen molar-refractivity contribution in [2.24, 2.45) is 5.92 Å². The van der Waals surface area contributed by atoms with Crippen LogP contribution >= 0.6 is 0 Å². The zero-order valence-corrected chi connectivity index (χ0v) is 13.6. The van der Waals surface area contributed by atoms with Gasteiger partial charge in [0, 0.05) is 26.2 Å². The number of nitrogens with one attached hydrogen (secondary N) is 1. The van der Waals surface area contributed by atoms with Crippen LogP contribution < -0.4 is 10.1 Å². The molecule has 0 spiro atoms. The van der Waals surface area contributed by atoms with Crippen LogP contribution in [0.2, 0.25) is 0 Å². The van der Waals surface area contributed by atoms with Gasteiger partial charge in [-0.1, -0.05) is 19.1 Å². The number of nitrogens with zero attached hydrogens (tertiary/aromatic N) is 1. The number of hydrogen-bond acceptors (Lipinski definition) is 4. The minimum absolute atomic E-state index is 0.311. The molecule has 1 aliphatic rings. The van der Waals surface area contributed by atoms with E-state index >= 15 is 0 Å². The van der Waals surface area contributed by atoms with Gasteiger partial charge in [-0.3, -0.25) is 4.90 Å². The normalized spacial score (nSPS) is 24.8. The number of ether oxygens (including phenoxy) is 2. The second-order valence-corrected chi connectivity index (χ2v) is 5.92. The average molecular weight is 292 g/mol. The van der Waals surface area contributed by atoms with Crippen molar-refractivity contribution in [3.05, 3.63) is 29.8 Å². The molecule has 3 atom stereocenters. The van der Waals surface area contributed by atoms with E-state index in [1.807, 2.05) is 20.2 Å². The summed E-state index contributed by atoms with van der Waals surface area (Å²) in [5.74, 6) is 1.56. The lowest BCUT2D eigenvalue weighted by Gasteiger charge is -2.38. The van der Waals surface area contributed by atoms with Crippen molar-refractivity contribution in [2.45, 2.75) is 25.5 Å². The van der Waals surface area contributed by atoms with E-state index in [1.165, 1.54) is 12.0 Å². The van der Waals surface area contributed by atoms with Crippen LogP contribution in [0.4, 0.5) is 0 Å². The maximum atomic E-state index is 5.61. The molecule has 1 fully saturated rings. The molecule has 0 radical (unpaired) electrons. The van der Waals surface area contributed by atoms with E-state index in [0.717, 1.165) is 25.4 Å². The average Bonchev–Trinajstić information content (AvgIpc) is 2.54. The molecule has 1 heterocycles. The molecule has 1 saturated heterocycles. The summed E-state index contributed by atoms with van der Waals surface area (Å²) in [7, 11) is 5.55. The summed E-state index contributed by atoms with van der Waals surface area (Å²) >= 11 is 0. The van der Waals surface area contributed by atoms with Crippen molar-refractivity contribution >= 4 is 0 Å². The fourth-order valence-corrected chi connectivity index (χ4v) is 3.05. The summed E-state index contributed by atoms with van der Waals surface area (Å²) in [5.41, 5.74) is 1.27. The lowest BCUT2D eigenvalue weighted by molar-refractivity contribution is -0.00729. The molecule has 4 heteroatoms. The maximum Gasteiger partial charge on any atom is 0.119 e. The highest BCUT2D eigenvalue weighted by atomic mass is 16.5. The summed E-state index contributed by atoms with van der Waals surface area (Å²) < 4.78 is 10.9. The Bertz CT molecular complexity index is 439. The molecule has 1 N–H and O–H groups in total. The Labute approximate surface area is 128 Å². The maximum absolute atomic E-state index is 5.61. The van der Waals surface area contributed by atoms with E-state index in [4.69, 9.17) is 9.47 Å². The molecule has 3 unspecified atom stereocenters. The lowest BCUT2D eigenvalue weighted by atomic mass is 9.95. The summed E-state index contributed by atoms with van der Waals surface area (Å²) in [6.07, 6.45) is 1.55. The molecule has 2 rings (SSSR count). The third-order valence-electron chi connectivity index (χ3n) is 4.56. The van der Waals surface area contributed by atoms with Gasteiger partial charge in [0.1, 0.15) is 5.75 Å². The van der Waals surface area contributed by atoms with Crippen LogP contribution in [-0.2, 0) is 4.74 Å². The minimum atomic E-state index is 0.311. The highest BCUT2D eigenvalue weighted by molar-refractivity contribution is 5.30. The number of rotatable bonds is 6. The fraction of sp³-hybridized carbons (Fsp3) is 0.647. The van der Waals surface area contributed by atoms with E-state index in [1.54, 1.807) is 7.11 Å². The molecule has 118 valence electrons. The predicted molar refractivity (Wildman–Crippen MR) is 85.8 cm³/mol. The first kappa shape index (κ1) is 16.3. The molecule has 21 heavy (non-hydrogen) atoms.